The normalized spacial score (nSPS) is 26.6. The van der Waals surface area contributed by atoms with Gasteiger partial charge in [0.05, 0.1) is 5.54 Å². The molecule has 0 N–H and O–H groups in total. The van der Waals surface area contributed by atoms with Crippen molar-refractivity contribution in [3.8, 4) is 0 Å². The average molecular weight is 286 g/mol. The van der Waals surface area contributed by atoms with Crippen LogP contribution in [0.3, 0.4) is 0 Å². The summed E-state index contributed by atoms with van der Waals surface area (Å²) in [6, 6.07) is 18.5. The third-order valence-electron chi connectivity index (χ3n) is 5.09. The summed E-state index contributed by atoms with van der Waals surface area (Å²) < 4.78 is 0. The Morgan fingerprint density at radius 3 is 2.45 bits per heavy atom. The van der Waals surface area contributed by atoms with E-state index in [4.69, 9.17) is 0 Å². The Kier molecular flexibility index (Phi) is 3.15. The maximum absolute atomic E-state index is 2.67. The van der Waals surface area contributed by atoms with Gasteiger partial charge in [-0.15, -0.1) is 12.4 Å². The minimum Gasteiger partial charge on any atom is -0.283 e. The molecule has 2 unspecified atom stereocenters. The van der Waals surface area contributed by atoms with Crippen LogP contribution in [-0.4, -0.2) is 11.4 Å². The first kappa shape index (κ1) is 13.7. The minimum absolute atomic E-state index is 0. The lowest BCUT2D eigenvalue weighted by Crippen LogP contribution is -2.45. The quantitative estimate of drug-likeness (QED) is 0.755. The Balaban J connectivity index is 0.00000121. The predicted molar refractivity (Wildman–Crippen MR) is 85.4 cm³/mol. The molecule has 4 rings (SSSR count). The lowest BCUT2D eigenvalue weighted by atomic mass is 9.81. The number of nitrogens with zero attached hydrogens (tertiary/aromatic N) is 1. The SMILES string of the molecule is CCN1C2Cc3ccccc3C1(C)c1ccccc12.Cl. The van der Waals surface area contributed by atoms with Crippen LogP contribution in [0.1, 0.15) is 42.1 Å². The molecular formula is C18H20ClN. The molecule has 0 saturated heterocycles. The number of benzene rings is 2. The first-order valence-electron chi connectivity index (χ1n) is 7.21. The second-order valence-electron chi connectivity index (χ2n) is 5.82. The van der Waals surface area contributed by atoms with Crippen LogP contribution in [0.4, 0.5) is 0 Å². The van der Waals surface area contributed by atoms with Crippen molar-refractivity contribution >= 4 is 12.4 Å². The summed E-state index contributed by atoms with van der Waals surface area (Å²) in [6.07, 6.45) is 1.15. The van der Waals surface area contributed by atoms with Crippen LogP contribution in [0.15, 0.2) is 48.5 Å². The fourth-order valence-electron chi connectivity index (χ4n) is 4.30. The van der Waals surface area contributed by atoms with Gasteiger partial charge in [-0.1, -0.05) is 55.5 Å². The molecule has 20 heavy (non-hydrogen) atoms. The molecule has 2 aromatic carbocycles. The van der Waals surface area contributed by atoms with Gasteiger partial charge in [0.25, 0.3) is 0 Å². The van der Waals surface area contributed by atoms with Gasteiger partial charge in [0.2, 0.25) is 0 Å². The van der Waals surface area contributed by atoms with Crippen molar-refractivity contribution in [2.24, 2.45) is 0 Å². The zero-order chi connectivity index (χ0) is 13.0. The fourth-order valence-corrected chi connectivity index (χ4v) is 4.30. The summed E-state index contributed by atoms with van der Waals surface area (Å²) in [4.78, 5) is 2.67. The summed E-state index contributed by atoms with van der Waals surface area (Å²) in [5.74, 6) is 0. The number of halogens is 1. The van der Waals surface area contributed by atoms with E-state index in [1.807, 2.05) is 0 Å². The van der Waals surface area contributed by atoms with E-state index in [0.717, 1.165) is 13.0 Å². The molecule has 2 bridgehead atoms. The molecule has 0 radical (unpaired) electrons. The fraction of sp³-hybridized carbons (Fsp3) is 0.333. The zero-order valence-corrected chi connectivity index (χ0v) is 12.8. The smallest absolute Gasteiger partial charge is 0.0697 e. The molecule has 2 heterocycles. The second kappa shape index (κ2) is 4.61. The van der Waals surface area contributed by atoms with Crippen LogP contribution < -0.4 is 0 Å². The van der Waals surface area contributed by atoms with E-state index in [1.165, 1.54) is 22.3 Å². The van der Waals surface area contributed by atoms with Gasteiger partial charge >= 0.3 is 0 Å². The van der Waals surface area contributed by atoms with Gasteiger partial charge in [-0.05, 0) is 42.1 Å². The number of hydrogen-bond acceptors (Lipinski definition) is 1. The monoisotopic (exact) mass is 285 g/mol. The van der Waals surface area contributed by atoms with E-state index in [-0.39, 0.29) is 17.9 Å². The van der Waals surface area contributed by atoms with Crippen molar-refractivity contribution in [1.82, 2.24) is 4.90 Å². The molecule has 104 valence electrons. The van der Waals surface area contributed by atoms with E-state index in [1.54, 1.807) is 0 Å². The van der Waals surface area contributed by atoms with Crippen LogP contribution in [0.25, 0.3) is 0 Å². The maximum Gasteiger partial charge on any atom is 0.0697 e. The Labute approximate surface area is 127 Å². The molecule has 2 aliphatic heterocycles. The van der Waals surface area contributed by atoms with Crippen molar-refractivity contribution in [1.29, 1.82) is 0 Å². The van der Waals surface area contributed by atoms with E-state index < -0.39 is 0 Å². The molecule has 2 heteroatoms. The van der Waals surface area contributed by atoms with Crippen molar-refractivity contribution in [2.75, 3.05) is 6.54 Å². The van der Waals surface area contributed by atoms with Crippen molar-refractivity contribution < 1.29 is 0 Å². The Hall–Kier alpha value is -1.31. The summed E-state index contributed by atoms with van der Waals surface area (Å²) in [7, 11) is 0. The zero-order valence-electron chi connectivity index (χ0n) is 12.0. The highest BCUT2D eigenvalue weighted by molar-refractivity contribution is 5.85. The number of rotatable bonds is 1. The molecule has 0 aromatic heterocycles. The van der Waals surface area contributed by atoms with Gasteiger partial charge in [0.1, 0.15) is 0 Å². The third-order valence-corrected chi connectivity index (χ3v) is 5.09. The molecule has 0 fully saturated rings. The largest absolute Gasteiger partial charge is 0.283 e. The molecule has 0 spiro atoms. The average Bonchev–Trinajstić information content (AvgIpc) is 2.64. The predicted octanol–water partition coefficient (Wildman–Crippen LogP) is 4.30. The molecule has 0 saturated carbocycles. The van der Waals surface area contributed by atoms with Gasteiger partial charge in [-0.2, -0.15) is 0 Å². The maximum atomic E-state index is 2.67. The van der Waals surface area contributed by atoms with Gasteiger partial charge in [-0.25, -0.2) is 0 Å². The van der Waals surface area contributed by atoms with Gasteiger partial charge < -0.3 is 0 Å². The molecule has 0 aliphatic carbocycles. The van der Waals surface area contributed by atoms with Crippen molar-refractivity contribution in [3.05, 3.63) is 70.8 Å². The molecule has 2 aromatic rings. The molecular weight excluding hydrogens is 266 g/mol. The Bertz CT molecular complexity index is 638. The van der Waals surface area contributed by atoms with Crippen LogP contribution in [0.5, 0.6) is 0 Å². The van der Waals surface area contributed by atoms with E-state index in [2.05, 4.69) is 67.3 Å². The van der Waals surface area contributed by atoms with E-state index >= 15 is 0 Å². The highest BCUT2D eigenvalue weighted by Gasteiger charge is 2.50. The summed E-state index contributed by atoms with van der Waals surface area (Å²) >= 11 is 0. The van der Waals surface area contributed by atoms with Crippen LogP contribution in [-0.2, 0) is 12.0 Å². The third kappa shape index (κ3) is 1.48. The van der Waals surface area contributed by atoms with Gasteiger partial charge in [0, 0.05) is 6.04 Å². The van der Waals surface area contributed by atoms with Crippen LogP contribution in [0.2, 0.25) is 0 Å². The van der Waals surface area contributed by atoms with Crippen LogP contribution >= 0.6 is 12.4 Å². The van der Waals surface area contributed by atoms with Crippen molar-refractivity contribution in [2.45, 2.75) is 31.8 Å². The second-order valence-corrected chi connectivity index (χ2v) is 5.82. The molecule has 2 aliphatic rings. The lowest BCUT2D eigenvalue weighted by molar-refractivity contribution is 0.103. The van der Waals surface area contributed by atoms with Gasteiger partial charge in [-0.3, -0.25) is 4.90 Å². The summed E-state index contributed by atoms with van der Waals surface area (Å²) in [6.45, 7) is 5.78. The highest BCUT2D eigenvalue weighted by atomic mass is 35.5. The Morgan fingerprint density at radius 1 is 1.05 bits per heavy atom. The Morgan fingerprint density at radius 2 is 1.70 bits per heavy atom. The minimum atomic E-state index is 0. The highest BCUT2D eigenvalue weighted by Crippen LogP contribution is 2.54. The summed E-state index contributed by atoms with van der Waals surface area (Å²) in [5, 5.41) is 0. The number of likely N-dealkylation sites (N-methyl/N-ethyl adjacent to an activating group) is 1. The van der Waals surface area contributed by atoms with Gasteiger partial charge in [0.15, 0.2) is 0 Å². The lowest BCUT2D eigenvalue weighted by Gasteiger charge is -2.44. The van der Waals surface area contributed by atoms with Crippen molar-refractivity contribution in [3.63, 3.8) is 0 Å². The molecule has 0 amide bonds. The van der Waals surface area contributed by atoms with E-state index in [0.29, 0.717) is 6.04 Å². The van der Waals surface area contributed by atoms with E-state index in [9.17, 15) is 0 Å². The number of fused-ring (bicyclic) bond motifs is 7. The standard InChI is InChI=1S/C18H19N.ClH/c1-3-19-17-12-13-8-4-6-10-15(13)18(19,2)16-11-7-5-9-14(16)17;/h4-11,17H,3,12H2,1-2H3;1H. The topological polar surface area (TPSA) is 3.24 Å². The number of hydrogen-bond donors (Lipinski definition) is 0. The first-order valence-corrected chi connectivity index (χ1v) is 7.21. The summed E-state index contributed by atoms with van der Waals surface area (Å²) in [5.41, 5.74) is 6.12. The van der Waals surface area contributed by atoms with Crippen LogP contribution in [0, 0.1) is 0 Å². The molecule has 1 nitrogen and oxygen atoms in total. The molecule has 2 atom stereocenters. The first-order chi connectivity index (χ1) is 9.26.